The van der Waals surface area contributed by atoms with Crippen molar-refractivity contribution in [2.75, 3.05) is 10.1 Å². The molecule has 0 saturated heterocycles. The second-order valence-corrected chi connectivity index (χ2v) is 8.90. The highest BCUT2D eigenvalue weighted by Gasteiger charge is 2.23. The van der Waals surface area contributed by atoms with Gasteiger partial charge in [-0.1, -0.05) is 12.1 Å². The third kappa shape index (κ3) is 7.54. The summed E-state index contributed by atoms with van der Waals surface area (Å²) in [5, 5.41) is 24.5. The molecule has 3 aromatic carbocycles. The number of alkyl halides is 4. The summed E-state index contributed by atoms with van der Waals surface area (Å²) >= 11 is 0. The van der Waals surface area contributed by atoms with E-state index >= 15 is 0 Å². The first kappa shape index (κ1) is 28.6. The van der Waals surface area contributed by atoms with Gasteiger partial charge in [-0.15, -0.1) is 0 Å². The molecule has 3 rings (SSSR count). The van der Waals surface area contributed by atoms with Crippen LogP contribution in [-0.2, 0) is 10.0 Å². The lowest BCUT2D eigenvalue weighted by Crippen LogP contribution is -2.16. The Bertz CT molecular complexity index is 1520. The molecule has 0 heterocycles. The molecule has 17 heteroatoms. The van der Waals surface area contributed by atoms with Crippen molar-refractivity contribution in [2.24, 2.45) is 5.10 Å². The molecular weight excluding hydrogens is 556 g/mol. The first-order valence-corrected chi connectivity index (χ1v) is 11.8. The fourth-order valence-electron chi connectivity index (χ4n) is 3.05. The molecule has 0 radical (unpaired) electrons. The van der Waals surface area contributed by atoms with Crippen molar-refractivity contribution in [3.8, 4) is 11.5 Å². The Balaban J connectivity index is 1.87. The maximum Gasteiger partial charge on any atom is 0.387 e. The molecule has 0 fully saturated rings. The highest BCUT2D eigenvalue weighted by molar-refractivity contribution is 7.92. The molecule has 0 amide bonds. The molecule has 0 saturated carbocycles. The lowest BCUT2D eigenvalue weighted by molar-refractivity contribution is -0.384. The monoisotopic (exact) mass is 572 g/mol. The topological polar surface area (TPSA) is 169 Å². The zero-order chi connectivity index (χ0) is 28.7. The first-order chi connectivity index (χ1) is 18.4. The van der Waals surface area contributed by atoms with Gasteiger partial charge in [-0.3, -0.25) is 20.3 Å². The number of rotatable bonds is 12. The molecule has 0 aromatic heterocycles. The highest BCUT2D eigenvalue weighted by Crippen LogP contribution is 2.30. The van der Waals surface area contributed by atoms with E-state index in [0.717, 1.165) is 42.6 Å². The quantitative estimate of drug-likeness (QED) is 0.120. The van der Waals surface area contributed by atoms with E-state index in [1.807, 2.05) is 0 Å². The number of carbonyl (C=O) groups is 1. The van der Waals surface area contributed by atoms with Crippen molar-refractivity contribution in [1.29, 1.82) is 0 Å². The van der Waals surface area contributed by atoms with Crippen molar-refractivity contribution in [3.63, 3.8) is 0 Å². The number of hydrogen-bond acceptors (Lipinski definition) is 9. The highest BCUT2D eigenvalue weighted by atomic mass is 32.2. The van der Waals surface area contributed by atoms with E-state index in [0.29, 0.717) is 6.07 Å². The molecule has 206 valence electrons. The van der Waals surface area contributed by atoms with Crippen LogP contribution in [0.25, 0.3) is 0 Å². The van der Waals surface area contributed by atoms with Crippen LogP contribution in [0.4, 0.5) is 34.6 Å². The van der Waals surface area contributed by atoms with E-state index < -0.39 is 56.2 Å². The summed E-state index contributed by atoms with van der Waals surface area (Å²) in [6, 6.07) is 10.6. The number of nitrogens with one attached hydrogen (secondary N) is 2. The molecule has 0 bridgehead atoms. The van der Waals surface area contributed by atoms with Gasteiger partial charge in [0, 0.05) is 17.7 Å². The largest absolute Gasteiger partial charge is 0.478 e. The van der Waals surface area contributed by atoms with Crippen molar-refractivity contribution in [2.45, 2.75) is 18.1 Å². The number of anilines is 2. The van der Waals surface area contributed by atoms with Gasteiger partial charge in [-0.2, -0.15) is 22.7 Å². The standard InChI is InChI=1S/C22H16F4N4O8S/c23-21(24)37-13-6-5-12(19(9-13)38-22(25)26)11-27-28-17-8-7-14(10-18(17)30(33)34)39(35,36)29-16-4-2-1-3-15(16)20(31)32/h1-11,21-22,28-29H,(H,31,32)/b27-11+. The van der Waals surface area contributed by atoms with E-state index in [1.54, 1.807) is 0 Å². The second kappa shape index (κ2) is 12.1. The summed E-state index contributed by atoms with van der Waals surface area (Å²) < 4.78 is 86.2. The predicted molar refractivity (Wildman–Crippen MR) is 128 cm³/mol. The number of nitrogens with zero attached hydrogens (tertiary/aromatic N) is 2. The van der Waals surface area contributed by atoms with Crippen LogP contribution in [-0.4, -0.2) is 43.9 Å². The van der Waals surface area contributed by atoms with Crippen LogP contribution in [0.2, 0.25) is 0 Å². The molecule has 0 unspecified atom stereocenters. The third-order valence-electron chi connectivity index (χ3n) is 4.69. The number of carboxylic acids is 1. The Labute approximate surface area is 216 Å². The Hall–Kier alpha value is -4.93. The van der Waals surface area contributed by atoms with Crippen LogP contribution in [0, 0.1) is 10.1 Å². The fourth-order valence-corrected chi connectivity index (χ4v) is 4.15. The van der Waals surface area contributed by atoms with Gasteiger partial charge in [0.15, 0.2) is 0 Å². The summed E-state index contributed by atoms with van der Waals surface area (Å²) in [6.45, 7) is -6.54. The minimum absolute atomic E-state index is 0.146. The van der Waals surface area contributed by atoms with Gasteiger partial charge in [0.25, 0.3) is 15.7 Å². The first-order valence-electron chi connectivity index (χ1n) is 10.3. The number of ether oxygens (including phenoxy) is 2. The molecule has 0 aliphatic heterocycles. The number of aromatic carboxylic acids is 1. The van der Waals surface area contributed by atoms with Crippen LogP contribution in [0.3, 0.4) is 0 Å². The molecule has 0 aliphatic rings. The van der Waals surface area contributed by atoms with Gasteiger partial charge in [0.2, 0.25) is 0 Å². The van der Waals surface area contributed by atoms with Crippen molar-refractivity contribution < 1.29 is 50.3 Å². The Morgan fingerprint density at radius 2 is 1.69 bits per heavy atom. The number of sulfonamides is 1. The maximum absolute atomic E-state index is 12.8. The fraction of sp³-hybridized carbons (Fsp3) is 0.0909. The molecule has 12 nitrogen and oxygen atoms in total. The molecule has 0 spiro atoms. The van der Waals surface area contributed by atoms with Gasteiger partial charge in [0.05, 0.1) is 27.3 Å². The minimum Gasteiger partial charge on any atom is -0.478 e. The summed E-state index contributed by atoms with van der Waals surface area (Å²) in [5.74, 6) is -2.47. The number of hydrogen-bond donors (Lipinski definition) is 3. The molecule has 0 aliphatic carbocycles. The van der Waals surface area contributed by atoms with Crippen LogP contribution in [0.15, 0.2) is 70.7 Å². The van der Waals surface area contributed by atoms with Gasteiger partial charge >= 0.3 is 19.2 Å². The minimum atomic E-state index is -4.47. The Morgan fingerprint density at radius 1 is 1.00 bits per heavy atom. The second-order valence-electron chi connectivity index (χ2n) is 7.22. The van der Waals surface area contributed by atoms with E-state index in [1.165, 1.54) is 18.2 Å². The van der Waals surface area contributed by atoms with Crippen molar-refractivity contribution >= 4 is 39.3 Å². The summed E-state index contributed by atoms with van der Waals surface area (Å²) in [5.41, 5.74) is 0.423. The van der Waals surface area contributed by atoms with Crippen LogP contribution < -0.4 is 19.6 Å². The van der Waals surface area contributed by atoms with Crippen molar-refractivity contribution in [1.82, 2.24) is 0 Å². The summed E-state index contributed by atoms with van der Waals surface area (Å²) in [7, 11) is -4.47. The number of carboxylic acid groups (broad SMARTS) is 1. The maximum atomic E-state index is 12.8. The van der Waals surface area contributed by atoms with Gasteiger partial charge < -0.3 is 14.6 Å². The smallest absolute Gasteiger partial charge is 0.387 e. The molecule has 3 N–H and O–H groups in total. The number of nitro groups is 1. The number of halogens is 4. The van der Waals surface area contributed by atoms with Gasteiger partial charge in [0.1, 0.15) is 17.2 Å². The lowest BCUT2D eigenvalue weighted by atomic mass is 10.2. The summed E-state index contributed by atoms with van der Waals surface area (Å²) in [6.07, 6.45) is 0.892. The molecule has 3 aromatic rings. The number of para-hydroxylation sites is 1. The average Bonchev–Trinajstić information content (AvgIpc) is 2.84. The van der Waals surface area contributed by atoms with E-state index in [-0.39, 0.29) is 22.5 Å². The Morgan fingerprint density at radius 3 is 2.33 bits per heavy atom. The van der Waals surface area contributed by atoms with Crippen molar-refractivity contribution in [3.05, 3.63) is 81.9 Å². The normalized spacial score (nSPS) is 11.5. The van der Waals surface area contributed by atoms with Crippen LogP contribution in [0.5, 0.6) is 11.5 Å². The Kier molecular flexibility index (Phi) is 8.87. The number of benzene rings is 3. The van der Waals surface area contributed by atoms with Gasteiger partial charge in [-0.05, 0) is 36.4 Å². The molecular formula is C22H16F4N4O8S. The average molecular weight is 572 g/mol. The summed E-state index contributed by atoms with van der Waals surface area (Å²) in [4.78, 5) is 21.4. The van der Waals surface area contributed by atoms with Gasteiger partial charge in [-0.25, -0.2) is 13.2 Å². The number of hydrazone groups is 1. The van der Waals surface area contributed by atoms with Crippen LogP contribution >= 0.6 is 0 Å². The van der Waals surface area contributed by atoms with E-state index in [4.69, 9.17) is 0 Å². The molecule has 39 heavy (non-hydrogen) atoms. The molecule has 0 atom stereocenters. The number of nitro benzene ring substituents is 1. The van der Waals surface area contributed by atoms with Crippen LogP contribution in [0.1, 0.15) is 15.9 Å². The zero-order valence-corrected chi connectivity index (χ0v) is 19.9. The zero-order valence-electron chi connectivity index (χ0n) is 19.1. The third-order valence-corrected chi connectivity index (χ3v) is 6.06. The SMILES string of the molecule is O=C(O)c1ccccc1NS(=O)(=O)c1ccc(N/N=C/c2ccc(OC(F)F)cc2OC(F)F)c([N+](=O)[O-])c1. The lowest BCUT2D eigenvalue weighted by Gasteiger charge is -2.12. The van der Waals surface area contributed by atoms with E-state index in [9.17, 15) is 46.0 Å². The van der Waals surface area contributed by atoms with E-state index in [2.05, 4.69) is 24.7 Å². The predicted octanol–water partition coefficient (Wildman–Crippen LogP) is 4.74.